The lowest BCUT2D eigenvalue weighted by Gasteiger charge is -1.98. The number of H-pyrrole nitrogens is 1. The Morgan fingerprint density at radius 2 is 2.14 bits per heavy atom. The van der Waals surface area contributed by atoms with Gasteiger partial charge in [0.15, 0.2) is 5.82 Å². The summed E-state index contributed by atoms with van der Waals surface area (Å²) < 4.78 is 26.6. The van der Waals surface area contributed by atoms with Crippen molar-refractivity contribution in [3.8, 4) is 11.3 Å². The second-order valence-corrected chi connectivity index (χ2v) is 3.00. The molecule has 1 N–H and O–H groups in total. The van der Waals surface area contributed by atoms with E-state index in [4.69, 9.17) is 0 Å². The first-order valence-electron chi connectivity index (χ1n) is 4.14. The van der Waals surface area contributed by atoms with Crippen molar-refractivity contribution in [1.29, 1.82) is 0 Å². The van der Waals surface area contributed by atoms with Gasteiger partial charge in [0.2, 0.25) is 5.95 Å². The Morgan fingerprint density at radius 3 is 2.71 bits per heavy atom. The van der Waals surface area contributed by atoms with Crippen LogP contribution in [0.15, 0.2) is 24.5 Å². The van der Waals surface area contributed by atoms with Crippen molar-refractivity contribution in [2.45, 2.75) is 6.92 Å². The van der Waals surface area contributed by atoms with Crippen LogP contribution in [-0.4, -0.2) is 9.97 Å². The largest absolute Gasteiger partial charge is 0.358 e. The zero-order valence-corrected chi connectivity index (χ0v) is 7.51. The van der Waals surface area contributed by atoms with Crippen molar-refractivity contribution < 1.29 is 8.78 Å². The second-order valence-electron chi connectivity index (χ2n) is 3.00. The molecule has 0 atom stereocenters. The monoisotopic (exact) mass is 194 g/mol. The molecule has 0 spiro atoms. The zero-order valence-electron chi connectivity index (χ0n) is 7.51. The highest BCUT2D eigenvalue weighted by atomic mass is 19.1. The van der Waals surface area contributed by atoms with Crippen molar-refractivity contribution in [2.75, 3.05) is 0 Å². The van der Waals surface area contributed by atoms with Gasteiger partial charge in [-0.25, -0.2) is 9.37 Å². The molecular weight excluding hydrogens is 186 g/mol. The van der Waals surface area contributed by atoms with Crippen LogP contribution in [-0.2, 0) is 0 Å². The van der Waals surface area contributed by atoms with Gasteiger partial charge in [-0.1, -0.05) is 0 Å². The molecule has 0 unspecified atom stereocenters. The molecule has 0 aliphatic heterocycles. The van der Waals surface area contributed by atoms with E-state index in [-0.39, 0.29) is 11.3 Å². The van der Waals surface area contributed by atoms with Gasteiger partial charge in [0.25, 0.3) is 0 Å². The highest BCUT2D eigenvalue weighted by molar-refractivity contribution is 5.60. The fraction of sp³-hybridized carbons (Fsp3) is 0.100. The minimum Gasteiger partial charge on any atom is -0.358 e. The van der Waals surface area contributed by atoms with E-state index in [0.29, 0.717) is 5.56 Å². The smallest absolute Gasteiger partial charge is 0.222 e. The van der Waals surface area contributed by atoms with Gasteiger partial charge in [-0.3, -0.25) is 0 Å². The molecule has 2 rings (SSSR count). The Hall–Kier alpha value is -1.71. The molecule has 0 aromatic carbocycles. The molecule has 0 saturated carbocycles. The number of pyridine rings is 1. The third kappa shape index (κ3) is 1.28. The van der Waals surface area contributed by atoms with E-state index in [0.717, 1.165) is 0 Å². The van der Waals surface area contributed by atoms with Crippen LogP contribution >= 0.6 is 0 Å². The van der Waals surface area contributed by atoms with E-state index in [9.17, 15) is 8.78 Å². The van der Waals surface area contributed by atoms with Gasteiger partial charge in [-0.15, -0.1) is 0 Å². The van der Waals surface area contributed by atoms with E-state index in [1.807, 2.05) is 0 Å². The summed E-state index contributed by atoms with van der Waals surface area (Å²) in [6.45, 7) is 1.61. The summed E-state index contributed by atoms with van der Waals surface area (Å²) in [6, 6.07) is 3.05. The van der Waals surface area contributed by atoms with Crippen molar-refractivity contribution in [3.05, 3.63) is 41.9 Å². The summed E-state index contributed by atoms with van der Waals surface area (Å²) in [5, 5.41) is 0. The summed E-state index contributed by atoms with van der Waals surface area (Å²) in [7, 11) is 0. The van der Waals surface area contributed by atoms with Crippen molar-refractivity contribution in [3.63, 3.8) is 0 Å². The van der Waals surface area contributed by atoms with Crippen LogP contribution in [0.3, 0.4) is 0 Å². The maximum Gasteiger partial charge on any atom is 0.222 e. The Labute approximate surface area is 79.6 Å². The number of aromatic amines is 1. The molecule has 0 fully saturated rings. The summed E-state index contributed by atoms with van der Waals surface area (Å²) in [6.07, 6.45) is 2.82. The SMILES string of the molecule is Cc1c[nH]c(-c2cccnc2F)c1F. The number of hydrogen-bond acceptors (Lipinski definition) is 1. The Balaban J connectivity index is 2.60. The first-order valence-corrected chi connectivity index (χ1v) is 4.14. The molecular formula is C10H8F2N2. The van der Waals surface area contributed by atoms with Crippen LogP contribution in [0, 0.1) is 18.7 Å². The molecule has 2 nitrogen and oxygen atoms in total. The highest BCUT2D eigenvalue weighted by Gasteiger charge is 2.13. The number of hydrogen-bond donors (Lipinski definition) is 1. The van der Waals surface area contributed by atoms with Gasteiger partial charge in [0.1, 0.15) is 0 Å². The van der Waals surface area contributed by atoms with Crippen molar-refractivity contribution >= 4 is 0 Å². The van der Waals surface area contributed by atoms with Gasteiger partial charge >= 0.3 is 0 Å². The molecule has 4 heteroatoms. The number of aryl methyl sites for hydroxylation is 1. The standard InChI is InChI=1S/C10H8F2N2/c1-6-5-14-9(8(6)11)7-3-2-4-13-10(7)12/h2-5,14H,1H3. The Kier molecular flexibility index (Phi) is 2.04. The fourth-order valence-electron chi connectivity index (χ4n) is 1.27. The van der Waals surface area contributed by atoms with E-state index < -0.39 is 11.8 Å². The van der Waals surface area contributed by atoms with Crippen LogP contribution in [0.4, 0.5) is 8.78 Å². The Bertz CT molecular complexity index is 463. The second kappa shape index (κ2) is 3.21. The molecule has 2 heterocycles. The third-order valence-corrected chi connectivity index (χ3v) is 2.03. The van der Waals surface area contributed by atoms with E-state index in [2.05, 4.69) is 9.97 Å². The number of nitrogens with one attached hydrogen (secondary N) is 1. The van der Waals surface area contributed by atoms with E-state index in [1.54, 1.807) is 13.0 Å². The average molecular weight is 194 g/mol. The minimum atomic E-state index is -0.673. The lowest BCUT2D eigenvalue weighted by molar-refractivity contribution is 0.582. The summed E-state index contributed by atoms with van der Waals surface area (Å²) in [4.78, 5) is 6.13. The van der Waals surface area contributed by atoms with Crippen LogP contribution in [0.1, 0.15) is 5.56 Å². The lowest BCUT2D eigenvalue weighted by atomic mass is 10.2. The van der Waals surface area contributed by atoms with Crippen LogP contribution < -0.4 is 0 Å². The average Bonchev–Trinajstić information content (AvgIpc) is 2.49. The lowest BCUT2D eigenvalue weighted by Crippen LogP contribution is -1.89. The molecule has 2 aromatic rings. The van der Waals surface area contributed by atoms with Crippen LogP contribution in [0.5, 0.6) is 0 Å². The third-order valence-electron chi connectivity index (χ3n) is 2.03. The molecule has 2 aromatic heterocycles. The number of rotatable bonds is 1. The maximum atomic E-state index is 13.4. The zero-order chi connectivity index (χ0) is 10.1. The van der Waals surface area contributed by atoms with Crippen molar-refractivity contribution in [2.24, 2.45) is 0 Å². The number of aromatic nitrogens is 2. The first kappa shape index (κ1) is 8.87. The molecule has 0 saturated heterocycles. The highest BCUT2D eigenvalue weighted by Crippen LogP contribution is 2.24. The fourth-order valence-corrected chi connectivity index (χ4v) is 1.27. The van der Waals surface area contributed by atoms with E-state index >= 15 is 0 Å². The van der Waals surface area contributed by atoms with Gasteiger partial charge in [0.05, 0.1) is 11.3 Å². The minimum absolute atomic E-state index is 0.146. The number of halogens is 2. The van der Waals surface area contributed by atoms with Crippen molar-refractivity contribution in [1.82, 2.24) is 9.97 Å². The molecule has 0 bridgehead atoms. The molecule has 0 amide bonds. The predicted molar refractivity (Wildman–Crippen MR) is 48.7 cm³/mol. The Morgan fingerprint density at radius 1 is 1.36 bits per heavy atom. The quantitative estimate of drug-likeness (QED) is 0.694. The molecule has 0 radical (unpaired) electrons. The summed E-state index contributed by atoms with van der Waals surface area (Å²) in [5.41, 5.74) is 0.759. The van der Waals surface area contributed by atoms with E-state index in [1.165, 1.54) is 18.5 Å². The first-order chi connectivity index (χ1) is 6.70. The molecule has 0 aliphatic rings. The molecule has 0 aliphatic carbocycles. The maximum absolute atomic E-state index is 13.4. The molecule has 14 heavy (non-hydrogen) atoms. The van der Waals surface area contributed by atoms with Gasteiger partial charge in [0, 0.05) is 18.0 Å². The number of nitrogens with zero attached hydrogens (tertiary/aromatic N) is 1. The normalized spacial score (nSPS) is 10.5. The predicted octanol–water partition coefficient (Wildman–Crippen LogP) is 2.66. The van der Waals surface area contributed by atoms with Crippen LogP contribution in [0.2, 0.25) is 0 Å². The topological polar surface area (TPSA) is 28.7 Å². The molecule has 72 valence electrons. The van der Waals surface area contributed by atoms with Crippen LogP contribution in [0.25, 0.3) is 11.3 Å². The van der Waals surface area contributed by atoms with Gasteiger partial charge in [-0.05, 0) is 19.1 Å². The summed E-state index contributed by atoms with van der Waals surface area (Å²) in [5.74, 6) is -1.11. The summed E-state index contributed by atoms with van der Waals surface area (Å²) >= 11 is 0. The van der Waals surface area contributed by atoms with Gasteiger partial charge in [-0.2, -0.15) is 4.39 Å². The van der Waals surface area contributed by atoms with Gasteiger partial charge < -0.3 is 4.98 Å².